The van der Waals surface area contributed by atoms with Crippen LogP contribution in [-0.4, -0.2) is 52.6 Å². The van der Waals surface area contributed by atoms with E-state index < -0.39 is 0 Å². The minimum atomic E-state index is -0.376. The van der Waals surface area contributed by atoms with Gasteiger partial charge >= 0.3 is 5.97 Å². The number of hydrogen-bond donors (Lipinski definition) is 2. The fraction of sp³-hybridized carbons (Fsp3) is 0.400. The highest BCUT2D eigenvalue weighted by Crippen LogP contribution is 2.05. The number of halogens is 1. The molecule has 0 aliphatic heterocycles. The summed E-state index contributed by atoms with van der Waals surface area (Å²) in [6, 6.07) is 3.70. The zero-order chi connectivity index (χ0) is 18.1. The first-order chi connectivity index (χ1) is 12.1. The van der Waals surface area contributed by atoms with Crippen molar-refractivity contribution >= 4 is 23.5 Å². The molecule has 0 saturated heterocycles. The highest BCUT2D eigenvalue weighted by molar-refractivity contribution is 6.29. The van der Waals surface area contributed by atoms with E-state index in [4.69, 9.17) is 11.6 Å². The van der Waals surface area contributed by atoms with Crippen molar-refractivity contribution in [3.8, 4) is 0 Å². The zero-order valence-electron chi connectivity index (χ0n) is 14.1. The van der Waals surface area contributed by atoms with Gasteiger partial charge in [0.25, 0.3) is 0 Å². The molecule has 0 fully saturated rings. The maximum absolute atomic E-state index is 11.2. The number of rotatable bonds is 7. The van der Waals surface area contributed by atoms with Gasteiger partial charge in [0.15, 0.2) is 5.96 Å². The molecule has 0 saturated carbocycles. The van der Waals surface area contributed by atoms with Crippen LogP contribution in [0.15, 0.2) is 29.5 Å². The van der Waals surface area contributed by atoms with E-state index in [0.717, 1.165) is 12.0 Å². The maximum Gasteiger partial charge on any atom is 0.327 e. The number of hydrogen-bond acceptors (Lipinski definition) is 6. The number of nitrogens with one attached hydrogen (secondary N) is 2. The summed E-state index contributed by atoms with van der Waals surface area (Å²) in [6.45, 7) is 1.16. The minimum Gasteiger partial charge on any atom is -0.468 e. The van der Waals surface area contributed by atoms with Gasteiger partial charge in [-0.15, -0.1) is 5.10 Å². The first-order valence-corrected chi connectivity index (χ1v) is 7.99. The van der Waals surface area contributed by atoms with Crippen molar-refractivity contribution in [2.45, 2.75) is 19.5 Å². The van der Waals surface area contributed by atoms with Gasteiger partial charge in [-0.1, -0.05) is 22.9 Å². The molecule has 0 amide bonds. The molecule has 0 bridgehead atoms. The first kappa shape index (κ1) is 18.7. The molecule has 2 rings (SSSR count). The Balaban J connectivity index is 1.74. The Kier molecular flexibility index (Phi) is 7.15. The highest BCUT2D eigenvalue weighted by atomic mass is 35.5. The maximum atomic E-state index is 11.2. The van der Waals surface area contributed by atoms with Crippen LogP contribution in [0.1, 0.15) is 11.3 Å². The standard InChI is InChI=1S/C15H20ClN7O2/c1-17-15(18-6-5-11-3-4-13(16)19-7-11)20-8-12-9-23(22-21-12)10-14(24)25-2/h3-4,7,9H,5-6,8,10H2,1-2H3,(H2,17,18,20). The predicted octanol–water partition coefficient (Wildman–Crippen LogP) is 0.407. The summed E-state index contributed by atoms with van der Waals surface area (Å²) in [7, 11) is 3.02. The zero-order valence-corrected chi connectivity index (χ0v) is 14.8. The minimum absolute atomic E-state index is 0.0333. The average molecular weight is 366 g/mol. The third kappa shape index (κ3) is 6.38. The van der Waals surface area contributed by atoms with E-state index in [2.05, 4.69) is 35.7 Å². The van der Waals surface area contributed by atoms with Gasteiger partial charge in [0.2, 0.25) is 0 Å². The van der Waals surface area contributed by atoms with Crippen LogP contribution in [0.25, 0.3) is 0 Å². The number of aromatic nitrogens is 4. The lowest BCUT2D eigenvalue weighted by atomic mass is 10.2. The molecule has 0 spiro atoms. The lowest BCUT2D eigenvalue weighted by Crippen LogP contribution is -2.37. The van der Waals surface area contributed by atoms with Crippen molar-refractivity contribution in [2.75, 3.05) is 20.7 Å². The monoisotopic (exact) mass is 365 g/mol. The molecule has 25 heavy (non-hydrogen) atoms. The topological polar surface area (TPSA) is 106 Å². The van der Waals surface area contributed by atoms with E-state index in [9.17, 15) is 4.79 Å². The first-order valence-electron chi connectivity index (χ1n) is 7.61. The molecule has 2 heterocycles. The highest BCUT2D eigenvalue weighted by Gasteiger charge is 2.06. The number of esters is 1. The van der Waals surface area contributed by atoms with Crippen molar-refractivity contribution in [3.63, 3.8) is 0 Å². The second-order valence-corrected chi connectivity index (χ2v) is 5.46. The lowest BCUT2D eigenvalue weighted by Gasteiger charge is -2.10. The van der Waals surface area contributed by atoms with Crippen LogP contribution in [-0.2, 0) is 29.0 Å². The largest absolute Gasteiger partial charge is 0.468 e. The van der Waals surface area contributed by atoms with Crippen LogP contribution < -0.4 is 10.6 Å². The summed E-state index contributed by atoms with van der Waals surface area (Å²) in [6.07, 6.45) is 4.22. The Morgan fingerprint density at radius 2 is 2.24 bits per heavy atom. The van der Waals surface area contributed by atoms with Crippen LogP contribution >= 0.6 is 11.6 Å². The lowest BCUT2D eigenvalue weighted by molar-refractivity contribution is -0.141. The van der Waals surface area contributed by atoms with Gasteiger partial charge in [0, 0.05) is 19.8 Å². The SMILES string of the molecule is CN=C(NCCc1ccc(Cl)nc1)NCc1cn(CC(=O)OC)nn1. The molecule has 0 radical (unpaired) electrons. The predicted molar refractivity (Wildman–Crippen MR) is 93.2 cm³/mol. The Hall–Kier alpha value is -2.68. The molecule has 0 aromatic carbocycles. The molecule has 0 unspecified atom stereocenters. The number of guanidine groups is 1. The normalized spacial score (nSPS) is 11.2. The number of carbonyl (C=O) groups is 1. The van der Waals surface area contributed by atoms with Gasteiger partial charge in [-0.25, -0.2) is 9.67 Å². The summed E-state index contributed by atoms with van der Waals surface area (Å²) in [5.74, 6) is 0.267. The molecular weight excluding hydrogens is 346 g/mol. The smallest absolute Gasteiger partial charge is 0.327 e. The van der Waals surface area contributed by atoms with E-state index in [-0.39, 0.29) is 12.5 Å². The van der Waals surface area contributed by atoms with Gasteiger partial charge in [-0.3, -0.25) is 9.79 Å². The van der Waals surface area contributed by atoms with E-state index >= 15 is 0 Å². The van der Waals surface area contributed by atoms with Crippen molar-refractivity contribution in [3.05, 3.63) is 40.9 Å². The van der Waals surface area contributed by atoms with E-state index in [1.807, 2.05) is 6.07 Å². The number of methoxy groups -OCH3 is 1. The number of ether oxygens (including phenoxy) is 1. The number of nitrogens with zero attached hydrogens (tertiary/aromatic N) is 5. The summed E-state index contributed by atoms with van der Waals surface area (Å²) >= 11 is 5.76. The average Bonchev–Trinajstić information content (AvgIpc) is 3.06. The molecule has 2 aromatic rings. The van der Waals surface area contributed by atoms with E-state index in [1.54, 1.807) is 25.5 Å². The third-order valence-electron chi connectivity index (χ3n) is 3.26. The quantitative estimate of drug-likeness (QED) is 0.317. The fourth-order valence-electron chi connectivity index (χ4n) is 1.97. The molecule has 2 N–H and O–H groups in total. The van der Waals surface area contributed by atoms with Gasteiger partial charge in [-0.05, 0) is 18.1 Å². The van der Waals surface area contributed by atoms with Crippen LogP contribution in [0, 0.1) is 0 Å². The summed E-state index contributed by atoms with van der Waals surface area (Å²) < 4.78 is 6.01. The molecule has 0 atom stereocenters. The molecule has 10 heteroatoms. The van der Waals surface area contributed by atoms with Crippen molar-refractivity contribution in [1.82, 2.24) is 30.6 Å². The van der Waals surface area contributed by atoms with Crippen LogP contribution in [0.2, 0.25) is 5.15 Å². The molecule has 134 valence electrons. The van der Waals surface area contributed by atoms with Crippen molar-refractivity contribution in [2.24, 2.45) is 4.99 Å². The van der Waals surface area contributed by atoms with E-state index in [1.165, 1.54) is 11.8 Å². The Bertz CT molecular complexity index is 715. The number of pyridine rings is 1. The Labute approximate surface area is 150 Å². The summed E-state index contributed by atoms with van der Waals surface area (Å²) in [5, 5.41) is 14.7. The molecule has 2 aromatic heterocycles. The number of aliphatic imine (C=N–C) groups is 1. The number of carbonyl (C=O) groups excluding carboxylic acids is 1. The van der Waals surface area contributed by atoms with Crippen molar-refractivity contribution in [1.29, 1.82) is 0 Å². The Morgan fingerprint density at radius 3 is 2.92 bits per heavy atom. The third-order valence-corrected chi connectivity index (χ3v) is 3.48. The van der Waals surface area contributed by atoms with Gasteiger partial charge in [0.1, 0.15) is 17.4 Å². The second-order valence-electron chi connectivity index (χ2n) is 5.08. The van der Waals surface area contributed by atoms with Gasteiger partial charge < -0.3 is 15.4 Å². The summed E-state index contributed by atoms with van der Waals surface area (Å²) in [5.41, 5.74) is 1.77. The second kappa shape index (κ2) is 9.58. The Morgan fingerprint density at radius 1 is 1.40 bits per heavy atom. The summed E-state index contributed by atoms with van der Waals surface area (Å²) in [4.78, 5) is 19.4. The fourth-order valence-corrected chi connectivity index (χ4v) is 2.08. The van der Waals surface area contributed by atoms with Gasteiger partial charge in [0.05, 0.1) is 19.9 Å². The van der Waals surface area contributed by atoms with Crippen LogP contribution in [0.4, 0.5) is 0 Å². The van der Waals surface area contributed by atoms with Gasteiger partial charge in [-0.2, -0.15) is 0 Å². The molecule has 0 aliphatic carbocycles. The van der Waals surface area contributed by atoms with Crippen LogP contribution in [0.5, 0.6) is 0 Å². The van der Waals surface area contributed by atoms with Crippen molar-refractivity contribution < 1.29 is 9.53 Å². The van der Waals surface area contributed by atoms with Crippen LogP contribution in [0.3, 0.4) is 0 Å². The van der Waals surface area contributed by atoms with E-state index in [0.29, 0.717) is 29.9 Å². The molecule has 9 nitrogen and oxygen atoms in total. The molecular formula is C15H20ClN7O2. The molecule has 0 aliphatic rings.